The molecular formula is C15H14N4OS3. The van der Waals surface area contributed by atoms with E-state index in [4.69, 9.17) is 0 Å². The second-order valence-corrected chi connectivity index (χ2v) is 8.26. The lowest BCUT2D eigenvalue weighted by atomic mass is 10.2. The van der Waals surface area contributed by atoms with Gasteiger partial charge in [-0.1, -0.05) is 0 Å². The van der Waals surface area contributed by atoms with Crippen molar-refractivity contribution in [1.29, 1.82) is 0 Å². The summed E-state index contributed by atoms with van der Waals surface area (Å²) in [5.74, 6) is 0.696. The molecule has 0 bridgehead atoms. The molecule has 3 aromatic rings. The van der Waals surface area contributed by atoms with Crippen molar-refractivity contribution in [2.45, 2.75) is 30.7 Å². The Labute approximate surface area is 145 Å². The molecule has 0 radical (unpaired) electrons. The van der Waals surface area contributed by atoms with Crippen LogP contribution >= 0.6 is 34.4 Å². The zero-order chi connectivity index (χ0) is 15.6. The van der Waals surface area contributed by atoms with E-state index in [1.54, 1.807) is 35.6 Å². The maximum Gasteiger partial charge on any atom is 0.226 e. The topological polar surface area (TPSA) is 67.8 Å². The number of carbonyl (C=O) groups excluding carboxylic acids is 1. The number of carbonyl (C=O) groups is 1. The fourth-order valence-electron chi connectivity index (χ4n) is 2.72. The average Bonchev–Trinajstić information content (AvgIpc) is 3.23. The van der Waals surface area contributed by atoms with Gasteiger partial charge >= 0.3 is 0 Å². The average molecular weight is 363 g/mol. The summed E-state index contributed by atoms with van der Waals surface area (Å²) in [5, 5.41) is 7.53. The van der Waals surface area contributed by atoms with Crippen LogP contribution in [0.15, 0.2) is 22.9 Å². The van der Waals surface area contributed by atoms with E-state index >= 15 is 0 Å². The van der Waals surface area contributed by atoms with Gasteiger partial charge in [-0.2, -0.15) is 0 Å². The molecule has 0 aromatic carbocycles. The number of nitrogens with one attached hydrogen (secondary N) is 1. The first-order valence-corrected chi connectivity index (χ1v) is 10.1. The zero-order valence-corrected chi connectivity index (χ0v) is 14.7. The van der Waals surface area contributed by atoms with Crippen LogP contribution in [0.3, 0.4) is 0 Å². The standard InChI is InChI=1S/C15H14N4OS3/c20-11(19-15-16-5-7-22-15)4-6-21-13-12-9-2-1-3-10(9)23-14(12)18-8-17-13/h5,7-8H,1-4,6H2,(H,16,19,20). The molecule has 8 heteroatoms. The van der Waals surface area contributed by atoms with E-state index in [2.05, 4.69) is 20.3 Å². The molecule has 23 heavy (non-hydrogen) atoms. The summed E-state index contributed by atoms with van der Waals surface area (Å²) in [4.78, 5) is 27.4. The second kappa shape index (κ2) is 6.54. The number of anilines is 1. The van der Waals surface area contributed by atoms with Gasteiger partial charge in [0.05, 0.1) is 0 Å². The predicted octanol–water partition coefficient (Wildman–Crippen LogP) is 3.76. The highest BCUT2D eigenvalue weighted by Crippen LogP contribution is 2.40. The number of hydrogen-bond acceptors (Lipinski definition) is 7. The summed E-state index contributed by atoms with van der Waals surface area (Å²) in [5.41, 5.74) is 1.43. The van der Waals surface area contributed by atoms with Crippen molar-refractivity contribution in [2.75, 3.05) is 11.1 Å². The number of rotatable bonds is 5. The van der Waals surface area contributed by atoms with Crippen molar-refractivity contribution < 1.29 is 4.79 Å². The fraction of sp³-hybridized carbons (Fsp3) is 0.333. The molecule has 0 saturated heterocycles. The molecular weight excluding hydrogens is 348 g/mol. The lowest BCUT2D eigenvalue weighted by Gasteiger charge is -2.04. The van der Waals surface area contributed by atoms with Gasteiger partial charge in [0.15, 0.2) is 5.13 Å². The maximum absolute atomic E-state index is 11.9. The third-order valence-electron chi connectivity index (χ3n) is 3.71. The van der Waals surface area contributed by atoms with Gasteiger partial charge in [-0.3, -0.25) is 4.79 Å². The third kappa shape index (κ3) is 3.11. The normalized spacial score (nSPS) is 13.4. The molecule has 5 nitrogen and oxygen atoms in total. The zero-order valence-electron chi connectivity index (χ0n) is 12.2. The summed E-state index contributed by atoms with van der Waals surface area (Å²) >= 11 is 4.86. The first kappa shape index (κ1) is 15.0. The van der Waals surface area contributed by atoms with E-state index in [9.17, 15) is 4.79 Å². The van der Waals surface area contributed by atoms with Crippen LogP contribution in [-0.2, 0) is 17.6 Å². The van der Waals surface area contributed by atoms with Gasteiger partial charge in [0, 0.05) is 34.0 Å². The lowest BCUT2D eigenvalue weighted by molar-refractivity contribution is -0.115. The Morgan fingerprint density at radius 2 is 2.26 bits per heavy atom. The number of fused-ring (bicyclic) bond motifs is 3. The van der Waals surface area contributed by atoms with Gasteiger partial charge in [0.25, 0.3) is 0 Å². The quantitative estimate of drug-likeness (QED) is 0.553. The number of aryl methyl sites for hydroxylation is 2. The van der Waals surface area contributed by atoms with E-state index in [0.29, 0.717) is 17.3 Å². The Balaban J connectivity index is 1.43. The highest BCUT2D eigenvalue weighted by Gasteiger charge is 2.21. The molecule has 0 aliphatic heterocycles. The molecule has 0 fully saturated rings. The van der Waals surface area contributed by atoms with E-state index < -0.39 is 0 Å². The summed E-state index contributed by atoms with van der Waals surface area (Å²) in [7, 11) is 0. The van der Waals surface area contributed by atoms with Gasteiger partial charge in [-0.25, -0.2) is 15.0 Å². The first-order valence-electron chi connectivity index (χ1n) is 7.38. The molecule has 1 N–H and O–H groups in total. The molecule has 0 atom stereocenters. The van der Waals surface area contributed by atoms with Gasteiger partial charge in [-0.15, -0.1) is 34.4 Å². The molecule has 1 aliphatic rings. The Morgan fingerprint density at radius 1 is 1.30 bits per heavy atom. The SMILES string of the molecule is O=C(CCSc1ncnc2sc3c(c12)CCC3)Nc1nccs1. The van der Waals surface area contributed by atoms with Crippen molar-refractivity contribution in [3.05, 3.63) is 28.3 Å². The van der Waals surface area contributed by atoms with Crippen LogP contribution in [0, 0.1) is 0 Å². The second-order valence-electron chi connectivity index (χ2n) is 5.20. The molecule has 4 rings (SSSR count). The smallest absolute Gasteiger partial charge is 0.226 e. The van der Waals surface area contributed by atoms with Crippen LogP contribution < -0.4 is 5.32 Å². The molecule has 1 amide bonds. The fourth-order valence-corrected chi connectivity index (χ4v) is 5.52. The van der Waals surface area contributed by atoms with Crippen LogP contribution in [0.5, 0.6) is 0 Å². The monoisotopic (exact) mass is 362 g/mol. The minimum atomic E-state index is -0.00621. The van der Waals surface area contributed by atoms with Gasteiger partial charge in [0.1, 0.15) is 16.2 Å². The largest absolute Gasteiger partial charge is 0.302 e. The molecule has 0 saturated carbocycles. The molecule has 1 aliphatic carbocycles. The van der Waals surface area contributed by atoms with Crippen LogP contribution in [-0.4, -0.2) is 26.6 Å². The van der Waals surface area contributed by atoms with Crippen molar-refractivity contribution >= 4 is 55.7 Å². The van der Waals surface area contributed by atoms with E-state index in [1.165, 1.54) is 33.6 Å². The Hall–Kier alpha value is -1.51. The predicted molar refractivity (Wildman–Crippen MR) is 95.5 cm³/mol. The number of thiophene rings is 1. The Kier molecular flexibility index (Phi) is 4.28. The van der Waals surface area contributed by atoms with E-state index in [-0.39, 0.29) is 5.91 Å². The van der Waals surface area contributed by atoms with Crippen LogP contribution in [0.1, 0.15) is 23.3 Å². The number of hydrogen-bond donors (Lipinski definition) is 1. The number of thioether (sulfide) groups is 1. The first-order chi connectivity index (χ1) is 11.3. The Bertz CT molecular complexity index is 844. The maximum atomic E-state index is 11.9. The summed E-state index contributed by atoms with van der Waals surface area (Å²) in [6.45, 7) is 0. The van der Waals surface area contributed by atoms with Gasteiger partial charge in [0.2, 0.25) is 5.91 Å². The van der Waals surface area contributed by atoms with Crippen molar-refractivity contribution in [3.63, 3.8) is 0 Å². The third-order valence-corrected chi connectivity index (χ3v) is 6.59. The molecule has 3 aromatic heterocycles. The summed E-state index contributed by atoms with van der Waals surface area (Å²) in [6, 6.07) is 0. The van der Waals surface area contributed by atoms with Crippen LogP contribution in [0.25, 0.3) is 10.2 Å². The van der Waals surface area contributed by atoms with Crippen molar-refractivity contribution in [3.8, 4) is 0 Å². The van der Waals surface area contributed by atoms with Crippen LogP contribution in [0.4, 0.5) is 5.13 Å². The number of thiazole rings is 1. The minimum absolute atomic E-state index is 0.00621. The number of amides is 1. The van der Waals surface area contributed by atoms with Gasteiger partial charge in [-0.05, 0) is 24.8 Å². The Morgan fingerprint density at radius 3 is 3.13 bits per heavy atom. The minimum Gasteiger partial charge on any atom is -0.302 e. The molecule has 3 heterocycles. The van der Waals surface area contributed by atoms with E-state index in [1.807, 2.05) is 5.38 Å². The van der Waals surface area contributed by atoms with Crippen molar-refractivity contribution in [1.82, 2.24) is 15.0 Å². The molecule has 0 spiro atoms. The molecule has 118 valence electrons. The number of aromatic nitrogens is 3. The number of nitrogens with zero attached hydrogens (tertiary/aromatic N) is 3. The highest BCUT2D eigenvalue weighted by molar-refractivity contribution is 7.99. The highest BCUT2D eigenvalue weighted by atomic mass is 32.2. The van der Waals surface area contributed by atoms with Crippen LogP contribution in [0.2, 0.25) is 0 Å². The molecule has 0 unspecified atom stereocenters. The van der Waals surface area contributed by atoms with Crippen molar-refractivity contribution in [2.24, 2.45) is 0 Å². The van der Waals surface area contributed by atoms with E-state index in [0.717, 1.165) is 22.7 Å². The summed E-state index contributed by atoms with van der Waals surface area (Å²) < 4.78 is 0. The summed E-state index contributed by atoms with van der Waals surface area (Å²) in [6.07, 6.45) is 7.28. The van der Waals surface area contributed by atoms with Gasteiger partial charge < -0.3 is 5.32 Å². The lowest BCUT2D eigenvalue weighted by Crippen LogP contribution is -2.11.